The van der Waals surface area contributed by atoms with E-state index in [1.54, 1.807) is 48.7 Å². The number of ether oxygens (including phenoxy) is 2. The topological polar surface area (TPSA) is 59.1 Å². The van der Waals surface area contributed by atoms with Gasteiger partial charge in [0.25, 0.3) is 5.91 Å². The molecule has 0 radical (unpaired) electrons. The highest BCUT2D eigenvalue weighted by Gasteiger charge is 2.31. The van der Waals surface area contributed by atoms with E-state index >= 15 is 0 Å². The quantitative estimate of drug-likeness (QED) is 0.229. The van der Waals surface area contributed by atoms with Gasteiger partial charge in [0.05, 0.1) is 31.4 Å². The van der Waals surface area contributed by atoms with Crippen LogP contribution in [0.3, 0.4) is 0 Å². The fourth-order valence-corrected chi connectivity index (χ4v) is 6.57. The number of carbonyl (C=O) groups excluding carboxylic acids is 2. The highest BCUT2D eigenvalue weighted by molar-refractivity contribution is 7.11. The number of carbonyl (C=O) groups is 2. The first kappa shape index (κ1) is 30.2. The molecule has 1 aliphatic carbocycles. The molecule has 0 atom stereocenters. The summed E-state index contributed by atoms with van der Waals surface area (Å²) in [4.78, 5) is 33.7. The van der Waals surface area contributed by atoms with Crippen LogP contribution in [-0.4, -0.2) is 55.0 Å². The zero-order valence-corrected chi connectivity index (χ0v) is 25.6. The van der Waals surface area contributed by atoms with E-state index in [1.165, 1.54) is 4.88 Å². The minimum Gasteiger partial charge on any atom is -0.493 e. The Balaban J connectivity index is 1.57. The minimum absolute atomic E-state index is 0.00124. The summed E-state index contributed by atoms with van der Waals surface area (Å²) in [7, 11) is 3.22. The maximum absolute atomic E-state index is 14.0. The number of thiophene rings is 1. The molecule has 0 spiro atoms. The first-order valence-electron chi connectivity index (χ1n) is 13.6. The zero-order valence-electron chi connectivity index (χ0n) is 23.3. The molecule has 4 rings (SSSR count). The van der Waals surface area contributed by atoms with E-state index in [0.717, 1.165) is 42.5 Å². The number of benzene rings is 2. The number of halogens is 2. The van der Waals surface area contributed by atoms with Crippen LogP contribution in [0.25, 0.3) is 0 Å². The van der Waals surface area contributed by atoms with Gasteiger partial charge in [-0.25, -0.2) is 0 Å². The minimum atomic E-state index is -0.228. The third kappa shape index (κ3) is 7.71. The normalized spacial score (nSPS) is 13.6. The average Bonchev–Trinajstić information content (AvgIpc) is 3.38. The van der Waals surface area contributed by atoms with Gasteiger partial charge in [-0.15, -0.1) is 11.3 Å². The lowest BCUT2D eigenvalue weighted by molar-refractivity contribution is -0.133. The number of aryl methyl sites for hydroxylation is 1. The van der Waals surface area contributed by atoms with Crippen molar-refractivity contribution in [3.05, 3.63) is 79.5 Å². The van der Waals surface area contributed by atoms with Crippen LogP contribution in [0.5, 0.6) is 11.5 Å². The van der Waals surface area contributed by atoms with Gasteiger partial charge < -0.3 is 19.3 Å². The van der Waals surface area contributed by atoms with Crippen molar-refractivity contribution in [3.8, 4) is 11.5 Å². The molecule has 0 unspecified atom stereocenters. The van der Waals surface area contributed by atoms with E-state index in [-0.39, 0.29) is 24.4 Å². The molecule has 40 heavy (non-hydrogen) atoms. The Morgan fingerprint density at radius 3 is 2.35 bits per heavy atom. The van der Waals surface area contributed by atoms with E-state index in [4.69, 9.17) is 32.7 Å². The van der Waals surface area contributed by atoms with Crippen molar-refractivity contribution in [2.45, 2.75) is 58.0 Å². The molecule has 0 N–H and O–H groups in total. The summed E-state index contributed by atoms with van der Waals surface area (Å²) in [5, 5.41) is 0.763. The van der Waals surface area contributed by atoms with Crippen LogP contribution in [0.2, 0.25) is 10.0 Å². The largest absolute Gasteiger partial charge is 0.493 e. The Hall–Kier alpha value is -2.74. The summed E-state index contributed by atoms with van der Waals surface area (Å²) >= 11 is 14.2. The first-order valence-corrected chi connectivity index (χ1v) is 15.2. The molecule has 1 saturated carbocycles. The molecule has 3 aromatic rings. The zero-order chi connectivity index (χ0) is 28.6. The van der Waals surface area contributed by atoms with Gasteiger partial charge in [-0.2, -0.15) is 0 Å². The van der Waals surface area contributed by atoms with E-state index in [2.05, 4.69) is 19.1 Å². The van der Waals surface area contributed by atoms with Crippen LogP contribution in [0, 0.1) is 6.92 Å². The number of methoxy groups -OCH3 is 2. The molecule has 1 heterocycles. The Bertz CT molecular complexity index is 1320. The summed E-state index contributed by atoms with van der Waals surface area (Å²) in [6, 6.07) is 14.8. The van der Waals surface area contributed by atoms with Gasteiger partial charge in [0.15, 0.2) is 11.5 Å². The summed E-state index contributed by atoms with van der Waals surface area (Å²) in [6.45, 7) is 3.04. The predicted molar refractivity (Wildman–Crippen MR) is 162 cm³/mol. The maximum atomic E-state index is 14.0. The number of hydrogen-bond donors (Lipinski definition) is 0. The van der Waals surface area contributed by atoms with Crippen LogP contribution in [0.1, 0.15) is 57.8 Å². The summed E-state index contributed by atoms with van der Waals surface area (Å²) < 4.78 is 10.8. The molecule has 2 aromatic carbocycles. The van der Waals surface area contributed by atoms with Crippen LogP contribution in [0.15, 0.2) is 48.5 Å². The lowest BCUT2D eigenvalue weighted by Crippen LogP contribution is -2.48. The number of nitrogens with zero attached hydrogens (tertiary/aromatic N) is 2. The van der Waals surface area contributed by atoms with Gasteiger partial charge in [-0.3, -0.25) is 9.59 Å². The van der Waals surface area contributed by atoms with Crippen LogP contribution < -0.4 is 9.47 Å². The third-order valence-corrected chi connectivity index (χ3v) is 8.89. The van der Waals surface area contributed by atoms with Gasteiger partial charge in [0.2, 0.25) is 5.91 Å². The Kier molecular flexibility index (Phi) is 10.8. The molecule has 0 aliphatic heterocycles. The van der Waals surface area contributed by atoms with Crippen molar-refractivity contribution in [2.24, 2.45) is 0 Å². The number of hydrogen-bond acceptors (Lipinski definition) is 5. The van der Waals surface area contributed by atoms with E-state index < -0.39 is 0 Å². The summed E-state index contributed by atoms with van der Waals surface area (Å²) in [5.74, 6) is 1.00. The molecular weight excluding hydrogens is 567 g/mol. The second-order valence-electron chi connectivity index (χ2n) is 10.1. The van der Waals surface area contributed by atoms with Crippen LogP contribution in [0.4, 0.5) is 0 Å². The maximum Gasteiger partial charge on any atom is 0.256 e. The smallest absolute Gasteiger partial charge is 0.256 e. The Morgan fingerprint density at radius 2 is 1.70 bits per heavy atom. The second-order valence-corrected chi connectivity index (χ2v) is 12.3. The van der Waals surface area contributed by atoms with Gasteiger partial charge >= 0.3 is 0 Å². The van der Waals surface area contributed by atoms with Crippen molar-refractivity contribution in [3.63, 3.8) is 0 Å². The van der Waals surface area contributed by atoms with Gasteiger partial charge in [0, 0.05) is 27.4 Å². The van der Waals surface area contributed by atoms with Crippen molar-refractivity contribution in [1.29, 1.82) is 0 Å². The standard InChI is InChI=1S/C31H36Cl2N2O4S/c1-21-9-12-25(40-21)19-34(16-15-22-10-14-28(38-2)29(17-22)39-3)30(36)20-35(24-7-5-4-6-8-24)31(37)26-13-11-23(32)18-27(26)33/h9-14,17-18,24H,4-8,15-16,19-20H2,1-3H3. The van der Waals surface area contributed by atoms with Gasteiger partial charge in [0.1, 0.15) is 6.54 Å². The second kappa shape index (κ2) is 14.2. The third-order valence-electron chi connectivity index (χ3n) is 7.36. The van der Waals surface area contributed by atoms with E-state index in [0.29, 0.717) is 46.6 Å². The lowest BCUT2D eigenvalue weighted by Gasteiger charge is -2.35. The molecule has 214 valence electrons. The molecule has 9 heteroatoms. The van der Waals surface area contributed by atoms with Gasteiger partial charge in [-0.1, -0.05) is 48.5 Å². The summed E-state index contributed by atoms with van der Waals surface area (Å²) in [6.07, 6.45) is 5.60. The SMILES string of the molecule is COc1ccc(CCN(Cc2ccc(C)s2)C(=O)CN(C(=O)c2ccc(Cl)cc2Cl)C2CCCCC2)cc1OC. The monoisotopic (exact) mass is 602 g/mol. The number of rotatable bonds is 11. The predicted octanol–water partition coefficient (Wildman–Crippen LogP) is 7.43. The molecule has 1 aliphatic rings. The van der Waals surface area contributed by atoms with E-state index in [9.17, 15) is 9.59 Å². The summed E-state index contributed by atoms with van der Waals surface area (Å²) in [5.41, 5.74) is 1.40. The van der Waals surface area contributed by atoms with Crippen molar-refractivity contribution in [1.82, 2.24) is 9.80 Å². The fourth-order valence-electron chi connectivity index (χ4n) is 5.17. The molecule has 0 bridgehead atoms. The average molecular weight is 604 g/mol. The van der Waals surface area contributed by atoms with Crippen molar-refractivity contribution >= 4 is 46.4 Å². The van der Waals surface area contributed by atoms with Gasteiger partial charge in [-0.05, 0) is 74.2 Å². The molecule has 0 saturated heterocycles. The van der Waals surface area contributed by atoms with Crippen LogP contribution >= 0.6 is 34.5 Å². The molecule has 1 aromatic heterocycles. The lowest BCUT2D eigenvalue weighted by atomic mass is 9.93. The van der Waals surface area contributed by atoms with E-state index in [1.807, 2.05) is 23.1 Å². The number of amides is 2. The van der Waals surface area contributed by atoms with Crippen molar-refractivity contribution < 1.29 is 19.1 Å². The first-order chi connectivity index (χ1) is 19.3. The fraction of sp³-hybridized carbons (Fsp3) is 0.419. The highest BCUT2D eigenvalue weighted by Crippen LogP contribution is 2.29. The molecular formula is C31H36Cl2N2O4S. The van der Waals surface area contributed by atoms with Crippen LogP contribution in [-0.2, 0) is 17.8 Å². The molecule has 6 nitrogen and oxygen atoms in total. The Labute approximate surface area is 250 Å². The highest BCUT2D eigenvalue weighted by atomic mass is 35.5. The molecule has 2 amide bonds. The molecule has 1 fully saturated rings. The van der Waals surface area contributed by atoms with Crippen molar-refractivity contribution in [2.75, 3.05) is 27.3 Å². The Morgan fingerprint density at radius 1 is 0.950 bits per heavy atom.